The molecule has 1 aromatic rings. The van der Waals surface area contributed by atoms with E-state index >= 15 is 0 Å². The zero-order valence-electron chi connectivity index (χ0n) is 13.2. The van der Waals surface area contributed by atoms with Gasteiger partial charge in [-0.15, -0.1) is 11.3 Å². The van der Waals surface area contributed by atoms with Gasteiger partial charge in [-0.3, -0.25) is 4.79 Å². The number of thiophene rings is 1. The average molecular weight is 335 g/mol. The molecule has 124 valence electrons. The fraction of sp³-hybridized carbons (Fsp3) is 0.625. The number of nitrogens with one attached hydrogen (secondary N) is 1. The highest BCUT2D eigenvalue weighted by molar-refractivity contribution is 7.17. The summed E-state index contributed by atoms with van der Waals surface area (Å²) >= 11 is 1.34. The number of nitrogens with two attached hydrogens (primary N) is 1. The number of piperidine rings is 1. The van der Waals surface area contributed by atoms with E-state index < -0.39 is 5.60 Å². The lowest BCUT2D eigenvalue weighted by Gasteiger charge is -2.51. The first kappa shape index (κ1) is 14.8. The predicted octanol–water partition coefficient (Wildman–Crippen LogP) is 2.28. The highest BCUT2D eigenvalue weighted by Gasteiger charge is 2.63. The normalized spacial score (nSPS) is 24.4. The van der Waals surface area contributed by atoms with E-state index in [-0.39, 0.29) is 17.5 Å². The van der Waals surface area contributed by atoms with Crippen LogP contribution in [0.3, 0.4) is 0 Å². The zero-order valence-corrected chi connectivity index (χ0v) is 14.0. The smallest absolute Gasteiger partial charge is 0.408 e. The highest BCUT2D eigenvalue weighted by atomic mass is 32.1. The molecule has 7 heteroatoms. The molecule has 6 nitrogen and oxygen atoms in total. The third-order valence-corrected chi connectivity index (χ3v) is 6.75. The van der Waals surface area contributed by atoms with Crippen molar-refractivity contribution in [1.82, 2.24) is 10.2 Å². The molecular formula is C16H21N3O3S. The van der Waals surface area contributed by atoms with Gasteiger partial charge in [0.15, 0.2) is 0 Å². The number of carbonyl (C=O) groups excluding carboxylic acids is 2. The molecule has 2 saturated heterocycles. The Morgan fingerprint density at radius 3 is 2.57 bits per heavy atom. The lowest BCUT2D eigenvalue weighted by atomic mass is 9.62. The second-order valence-electron chi connectivity index (χ2n) is 6.90. The number of amides is 2. The van der Waals surface area contributed by atoms with E-state index in [2.05, 4.69) is 5.32 Å². The zero-order chi connectivity index (χ0) is 16.2. The van der Waals surface area contributed by atoms with Crippen molar-refractivity contribution in [2.75, 3.05) is 18.8 Å². The minimum atomic E-state index is -0.428. The van der Waals surface area contributed by atoms with Crippen molar-refractivity contribution < 1.29 is 14.3 Å². The number of ether oxygens (including phenoxy) is 1. The van der Waals surface area contributed by atoms with Crippen LogP contribution >= 0.6 is 11.3 Å². The number of likely N-dealkylation sites (tertiary alicyclic amines) is 1. The van der Waals surface area contributed by atoms with E-state index in [0.717, 1.165) is 29.7 Å². The van der Waals surface area contributed by atoms with Crippen molar-refractivity contribution in [1.29, 1.82) is 0 Å². The van der Waals surface area contributed by atoms with E-state index in [1.807, 2.05) is 17.9 Å². The summed E-state index contributed by atoms with van der Waals surface area (Å²) in [5, 5.41) is 3.70. The maximum atomic E-state index is 12.7. The summed E-state index contributed by atoms with van der Waals surface area (Å²) in [6.45, 7) is 3.15. The van der Waals surface area contributed by atoms with Crippen LogP contribution in [0.5, 0.6) is 0 Å². The molecular weight excluding hydrogens is 314 g/mol. The molecule has 2 spiro atoms. The molecule has 4 rings (SSSR count). The molecule has 0 atom stereocenters. The van der Waals surface area contributed by atoms with Crippen LogP contribution < -0.4 is 11.1 Å². The Kier molecular flexibility index (Phi) is 3.13. The number of nitrogens with zero attached hydrogens (tertiary/aromatic N) is 1. The molecule has 3 N–H and O–H groups in total. The van der Waals surface area contributed by atoms with Gasteiger partial charge >= 0.3 is 6.09 Å². The Morgan fingerprint density at radius 1 is 1.35 bits per heavy atom. The van der Waals surface area contributed by atoms with Crippen LogP contribution in [0.15, 0.2) is 6.07 Å². The van der Waals surface area contributed by atoms with E-state index in [4.69, 9.17) is 10.5 Å². The molecule has 1 aliphatic carbocycles. The molecule has 3 fully saturated rings. The topological polar surface area (TPSA) is 84.7 Å². The Morgan fingerprint density at radius 2 is 2.04 bits per heavy atom. The Bertz CT molecular complexity index is 672. The van der Waals surface area contributed by atoms with Crippen LogP contribution in [0.25, 0.3) is 0 Å². The molecule has 0 bridgehead atoms. The van der Waals surface area contributed by atoms with Crippen LogP contribution in [0.4, 0.5) is 9.80 Å². The fourth-order valence-corrected chi connectivity index (χ4v) is 5.14. The third-order valence-electron chi connectivity index (χ3n) is 5.70. The number of anilines is 1. The van der Waals surface area contributed by atoms with Gasteiger partial charge < -0.3 is 20.7 Å². The number of carbonyl (C=O) groups is 2. The second kappa shape index (κ2) is 4.87. The van der Waals surface area contributed by atoms with Gasteiger partial charge in [-0.2, -0.15) is 0 Å². The minimum Gasteiger partial charge on any atom is -0.440 e. The first-order chi connectivity index (χ1) is 10.9. The highest BCUT2D eigenvalue weighted by Crippen LogP contribution is 2.51. The Balaban J connectivity index is 1.50. The van der Waals surface area contributed by atoms with Crippen molar-refractivity contribution in [2.45, 2.75) is 50.2 Å². The van der Waals surface area contributed by atoms with Crippen molar-refractivity contribution in [3.8, 4) is 0 Å². The summed E-state index contributed by atoms with van der Waals surface area (Å²) in [5.41, 5.74) is 6.11. The molecule has 1 saturated carbocycles. The number of hydrogen-bond acceptors (Lipinski definition) is 5. The third kappa shape index (κ3) is 2.06. The Hall–Kier alpha value is -1.76. The van der Waals surface area contributed by atoms with Gasteiger partial charge in [0.1, 0.15) is 5.60 Å². The lowest BCUT2D eigenvalue weighted by molar-refractivity contribution is -0.0703. The van der Waals surface area contributed by atoms with Gasteiger partial charge in [0.05, 0.1) is 15.4 Å². The molecule has 3 heterocycles. The van der Waals surface area contributed by atoms with Crippen LogP contribution in [0, 0.1) is 6.92 Å². The van der Waals surface area contributed by atoms with Crippen LogP contribution in [-0.2, 0) is 4.74 Å². The number of aryl methyl sites for hydroxylation is 1. The van der Waals surface area contributed by atoms with E-state index in [0.29, 0.717) is 30.9 Å². The SMILES string of the molecule is Cc1cc(N)sc1C(=O)N1CCC2(CC1)OC(=O)NC21CCC1. The second-order valence-corrected chi connectivity index (χ2v) is 7.98. The lowest BCUT2D eigenvalue weighted by Crippen LogP contribution is -2.64. The average Bonchev–Trinajstić information content (AvgIpc) is 2.95. The van der Waals surface area contributed by atoms with Gasteiger partial charge in [0.25, 0.3) is 5.91 Å². The van der Waals surface area contributed by atoms with Crippen LogP contribution in [-0.4, -0.2) is 41.1 Å². The van der Waals surface area contributed by atoms with Gasteiger partial charge in [0.2, 0.25) is 0 Å². The summed E-state index contributed by atoms with van der Waals surface area (Å²) < 4.78 is 5.70. The number of alkyl carbamates (subject to hydrolysis) is 1. The predicted molar refractivity (Wildman–Crippen MR) is 87.5 cm³/mol. The number of hydrogen-bond donors (Lipinski definition) is 2. The number of nitrogen functional groups attached to an aromatic ring is 1. The largest absolute Gasteiger partial charge is 0.440 e. The first-order valence-corrected chi connectivity index (χ1v) is 8.93. The minimum absolute atomic E-state index is 0.0407. The van der Waals surface area contributed by atoms with Crippen molar-refractivity contribution in [3.05, 3.63) is 16.5 Å². The van der Waals surface area contributed by atoms with Gasteiger partial charge in [-0.1, -0.05) is 0 Å². The van der Waals surface area contributed by atoms with Gasteiger partial charge in [0, 0.05) is 25.9 Å². The maximum Gasteiger partial charge on any atom is 0.408 e. The Labute approximate surface area is 139 Å². The summed E-state index contributed by atoms with van der Waals surface area (Å²) in [7, 11) is 0. The summed E-state index contributed by atoms with van der Waals surface area (Å²) in [6.07, 6.45) is 4.20. The molecule has 1 aromatic heterocycles. The molecule has 2 aliphatic heterocycles. The molecule has 0 unspecified atom stereocenters. The quantitative estimate of drug-likeness (QED) is 0.824. The molecule has 2 amide bonds. The van der Waals surface area contributed by atoms with Crippen molar-refractivity contribution in [2.24, 2.45) is 0 Å². The molecule has 0 radical (unpaired) electrons. The number of fused-ring (bicyclic) bond motifs is 1. The summed E-state index contributed by atoms with van der Waals surface area (Å²) in [5.74, 6) is 0.0407. The monoisotopic (exact) mass is 335 g/mol. The van der Waals surface area contributed by atoms with Crippen LogP contribution in [0.1, 0.15) is 47.3 Å². The number of rotatable bonds is 1. The fourth-order valence-electron chi connectivity index (χ4n) is 4.24. The van der Waals surface area contributed by atoms with E-state index in [9.17, 15) is 9.59 Å². The molecule has 23 heavy (non-hydrogen) atoms. The van der Waals surface area contributed by atoms with E-state index in [1.54, 1.807) is 0 Å². The van der Waals surface area contributed by atoms with Crippen LogP contribution in [0.2, 0.25) is 0 Å². The summed E-state index contributed by atoms with van der Waals surface area (Å²) in [6, 6.07) is 1.84. The molecule has 0 aromatic carbocycles. The first-order valence-electron chi connectivity index (χ1n) is 8.11. The molecule has 3 aliphatic rings. The van der Waals surface area contributed by atoms with Crippen molar-refractivity contribution in [3.63, 3.8) is 0 Å². The van der Waals surface area contributed by atoms with Gasteiger partial charge in [-0.05, 0) is 37.8 Å². The maximum absolute atomic E-state index is 12.7. The summed E-state index contributed by atoms with van der Waals surface area (Å²) in [4.78, 5) is 27.1. The van der Waals surface area contributed by atoms with E-state index in [1.165, 1.54) is 11.3 Å². The van der Waals surface area contributed by atoms with Crippen molar-refractivity contribution >= 4 is 28.3 Å². The van der Waals surface area contributed by atoms with Gasteiger partial charge in [-0.25, -0.2) is 4.79 Å². The standard InChI is InChI=1S/C16H21N3O3S/c1-10-9-11(17)23-12(10)13(20)19-7-5-16(6-8-19)15(3-2-4-15)18-14(21)22-16/h9H,2-8,17H2,1H3,(H,18,21).